The smallest absolute Gasteiger partial charge is 0.449 e. The Labute approximate surface area is 121 Å². The SMILES string of the molecule is C=CCOC[C@]12CC[C@H](/C(=C(/O)C(F)(F)F)C1=O)C2(C)C. The molecule has 2 atom stereocenters. The van der Waals surface area contributed by atoms with E-state index in [1.165, 1.54) is 6.08 Å². The fourth-order valence-corrected chi connectivity index (χ4v) is 3.80. The van der Waals surface area contributed by atoms with E-state index in [1.54, 1.807) is 13.8 Å². The summed E-state index contributed by atoms with van der Waals surface area (Å²) in [6, 6.07) is 0. The Morgan fingerprint density at radius 3 is 2.67 bits per heavy atom. The molecule has 0 amide bonds. The van der Waals surface area contributed by atoms with Gasteiger partial charge in [0.05, 0.1) is 18.6 Å². The minimum atomic E-state index is -4.89. The zero-order chi connectivity index (χ0) is 16.1. The normalized spacial score (nSPS) is 33.4. The molecule has 6 heteroatoms. The molecule has 0 saturated heterocycles. The number of aliphatic hydroxyl groups is 1. The molecule has 2 bridgehead atoms. The van der Waals surface area contributed by atoms with Crippen LogP contribution in [0.3, 0.4) is 0 Å². The van der Waals surface area contributed by atoms with Crippen molar-refractivity contribution in [2.45, 2.75) is 32.9 Å². The second-order valence-corrected chi connectivity index (χ2v) is 6.29. The third kappa shape index (κ3) is 2.11. The lowest BCUT2D eigenvalue weighted by Crippen LogP contribution is -2.40. The highest BCUT2D eigenvalue weighted by atomic mass is 19.4. The molecule has 0 aromatic carbocycles. The van der Waals surface area contributed by atoms with E-state index in [1.807, 2.05) is 0 Å². The second-order valence-electron chi connectivity index (χ2n) is 6.29. The number of carbonyl (C=O) groups is 1. The maximum Gasteiger partial charge on any atom is 0.449 e. The first-order valence-electron chi connectivity index (χ1n) is 6.83. The third-order valence-corrected chi connectivity index (χ3v) is 5.10. The monoisotopic (exact) mass is 304 g/mol. The predicted octanol–water partition coefficient (Wildman–Crippen LogP) is 3.57. The van der Waals surface area contributed by atoms with E-state index in [4.69, 9.17) is 4.74 Å². The molecule has 0 heterocycles. The molecule has 2 saturated carbocycles. The summed E-state index contributed by atoms with van der Waals surface area (Å²) in [6.07, 6.45) is -2.44. The Morgan fingerprint density at radius 1 is 1.52 bits per heavy atom. The molecule has 0 aromatic rings. The molecule has 0 aromatic heterocycles. The lowest BCUT2D eigenvalue weighted by molar-refractivity contribution is -0.135. The van der Waals surface area contributed by atoms with Crippen LogP contribution in [0.25, 0.3) is 0 Å². The van der Waals surface area contributed by atoms with E-state index in [0.717, 1.165) is 0 Å². The average Bonchev–Trinajstić information content (AvgIpc) is 2.70. The van der Waals surface area contributed by atoms with Crippen LogP contribution in [0, 0.1) is 16.7 Å². The molecule has 1 N–H and O–H groups in total. The molecule has 2 aliphatic rings. The summed E-state index contributed by atoms with van der Waals surface area (Å²) in [5, 5.41) is 9.47. The van der Waals surface area contributed by atoms with Crippen LogP contribution in [0.1, 0.15) is 26.7 Å². The van der Waals surface area contributed by atoms with Crippen LogP contribution in [0.5, 0.6) is 0 Å². The molecule has 2 rings (SSSR count). The zero-order valence-corrected chi connectivity index (χ0v) is 12.1. The standard InChI is InChI=1S/C15H19F3O3/c1-4-7-21-8-14-6-5-9(13(14,2)3)10(11(14)19)12(20)15(16,17)18/h4,9,20H,1,5-8H2,2-3H3/b12-10-/t9-,14-/m1/s1. The number of rotatable bonds is 4. The summed E-state index contributed by atoms with van der Waals surface area (Å²) in [7, 11) is 0. The number of fused-ring (bicyclic) bond motifs is 2. The van der Waals surface area contributed by atoms with Crippen molar-refractivity contribution in [1.82, 2.24) is 0 Å². The first kappa shape index (κ1) is 16.1. The highest BCUT2D eigenvalue weighted by Gasteiger charge is 2.68. The van der Waals surface area contributed by atoms with E-state index in [2.05, 4.69) is 6.58 Å². The largest absolute Gasteiger partial charge is 0.504 e. The van der Waals surface area contributed by atoms with Crippen molar-refractivity contribution in [1.29, 1.82) is 0 Å². The van der Waals surface area contributed by atoms with E-state index < -0.39 is 40.0 Å². The Bertz CT molecular complexity index is 505. The van der Waals surface area contributed by atoms with Gasteiger partial charge in [-0.05, 0) is 24.2 Å². The van der Waals surface area contributed by atoms with E-state index in [0.29, 0.717) is 12.8 Å². The van der Waals surface area contributed by atoms with Crippen LogP contribution >= 0.6 is 0 Å². The number of allylic oxidation sites excluding steroid dienone is 2. The average molecular weight is 304 g/mol. The molecular formula is C15H19F3O3. The van der Waals surface area contributed by atoms with Gasteiger partial charge in [0.25, 0.3) is 0 Å². The van der Waals surface area contributed by atoms with Gasteiger partial charge in [0.1, 0.15) is 0 Å². The summed E-state index contributed by atoms with van der Waals surface area (Å²) in [4.78, 5) is 12.6. The number of ketones is 1. The van der Waals surface area contributed by atoms with Crippen molar-refractivity contribution >= 4 is 5.78 Å². The molecule has 3 nitrogen and oxygen atoms in total. The Kier molecular flexibility index (Phi) is 3.72. The fraction of sp³-hybridized carbons (Fsp3) is 0.667. The minimum absolute atomic E-state index is 0.0516. The summed E-state index contributed by atoms with van der Waals surface area (Å²) < 4.78 is 43.7. The molecule has 2 aliphatic carbocycles. The number of Topliss-reactive ketones (excluding diaryl/α,β-unsaturated/α-hetero) is 1. The van der Waals surface area contributed by atoms with Gasteiger partial charge in [-0.1, -0.05) is 19.9 Å². The first-order valence-corrected chi connectivity index (χ1v) is 6.83. The summed E-state index contributed by atoms with van der Waals surface area (Å²) in [5.74, 6) is -2.95. The highest BCUT2D eigenvalue weighted by Crippen LogP contribution is 2.66. The van der Waals surface area contributed by atoms with Crippen molar-refractivity contribution < 1.29 is 27.8 Å². The first-order chi connectivity index (χ1) is 9.59. The van der Waals surface area contributed by atoms with Crippen molar-refractivity contribution in [2.24, 2.45) is 16.7 Å². The number of hydrogen-bond acceptors (Lipinski definition) is 3. The van der Waals surface area contributed by atoms with Gasteiger partial charge in [0.15, 0.2) is 5.78 Å². The van der Waals surface area contributed by atoms with Crippen LogP contribution in [0.4, 0.5) is 13.2 Å². The number of halogens is 3. The lowest BCUT2D eigenvalue weighted by Gasteiger charge is -2.35. The van der Waals surface area contributed by atoms with Gasteiger partial charge in [-0.25, -0.2) is 0 Å². The maximum atomic E-state index is 12.8. The Morgan fingerprint density at radius 2 is 2.14 bits per heavy atom. The molecule has 0 radical (unpaired) electrons. The predicted molar refractivity (Wildman–Crippen MR) is 70.7 cm³/mol. The maximum absolute atomic E-state index is 12.8. The molecular weight excluding hydrogens is 285 g/mol. The summed E-state index contributed by atoms with van der Waals surface area (Å²) in [5.41, 5.74) is -2.13. The van der Waals surface area contributed by atoms with Crippen LogP contribution < -0.4 is 0 Å². The van der Waals surface area contributed by atoms with Gasteiger partial charge in [-0.3, -0.25) is 4.79 Å². The summed E-state index contributed by atoms with van der Waals surface area (Å²) >= 11 is 0. The van der Waals surface area contributed by atoms with Gasteiger partial charge in [0, 0.05) is 5.57 Å². The van der Waals surface area contributed by atoms with Crippen LogP contribution in [-0.4, -0.2) is 30.3 Å². The summed E-state index contributed by atoms with van der Waals surface area (Å²) in [6.45, 7) is 7.34. The Hall–Kier alpha value is -1.30. The van der Waals surface area contributed by atoms with Crippen molar-refractivity contribution in [3.8, 4) is 0 Å². The highest BCUT2D eigenvalue weighted by molar-refractivity contribution is 6.05. The van der Waals surface area contributed by atoms with Crippen molar-refractivity contribution in [2.75, 3.05) is 13.2 Å². The minimum Gasteiger partial charge on any atom is -0.504 e. The molecule has 0 aliphatic heterocycles. The molecule has 21 heavy (non-hydrogen) atoms. The van der Waals surface area contributed by atoms with Gasteiger partial charge in [-0.2, -0.15) is 13.2 Å². The quantitative estimate of drug-likeness (QED) is 0.374. The van der Waals surface area contributed by atoms with Crippen molar-refractivity contribution in [3.05, 3.63) is 24.0 Å². The fourth-order valence-electron chi connectivity index (χ4n) is 3.80. The number of hydrogen-bond donors (Lipinski definition) is 1. The van der Waals surface area contributed by atoms with E-state index >= 15 is 0 Å². The van der Waals surface area contributed by atoms with Gasteiger partial charge in [0.2, 0.25) is 5.76 Å². The number of alkyl halides is 3. The number of ether oxygens (including phenoxy) is 1. The second kappa shape index (κ2) is 4.87. The van der Waals surface area contributed by atoms with Crippen molar-refractivity contribution in [3.63, 3.8) is 0 Å². The number of carbonyl (C=O) groups excluding carboxylic acids is 1. The lowest BCUT2D eigenvalue weighted by atomic mass is 9.69. The van der Waals surface area contributed by atoms with Gasteiger partial charge in [-0.15, -0.1) is 6.58 Å². The van der Waals surface area contributed by atoms with Crippen LogP contribution in [-0.2, 0) is 9.53 Å². The zero-order valence-electron chi connectivity index (χ0n) is 12.1. The molecule has 0 unspecified atom stereocenters. The number of aliphatic hydroxyl groups excluding tert-OH is 1. The Balaban J connectivity index is 2.45. The van der Waals surface area contributed by atoms with E-state index in [9.17, 15) is 23.1 Å². The van der Waals surface area contributed by atoms with Gasteiger partial charge < -0.3 is 9.84 Å². The van der Waals surface area contributed by atoms with Gasteiger partial charge >= 0.3 is 6.18 Å². The van der Waals surface area contributed by atoms with Crippen LogP contribution in [0.15, 0.2) is 24.0 Å². The molecule has 118 valence electrons. The molecule has 2 fully saturated rings. The molecule has 0 spiro atoms. The van der Waals surface area contributed by atoms with E-state index in [-0.39, 0.29) is 13.2 Å². The van der Waals surface area contributed by atoms with Crippen LogP contribution in [0.2, 0.25) is 0 Å². The third-order valence-electron chi connectivity index (χ3n) is 5.10. The topological polar surface area (TPSA) is 46.5 Å².